The Morgan fingerprint density at radius 2 is 1.68 bits per heavy atom. The highest BCUT2D eigenvalue weighted by Gasteiger charge is 2.37. The molecule has 3 aromatic carbocycles. The van der Waals surface area contributed by atoms with Gasteiger partial charge in [-0.3, -0.25) is 4.79 Å². The van der Waals surface area contributed by atoms with Crippen LogP contribution in [0.2, 0.25) is 5.02 Å². The third-order valence-electron chi connectivity index (χ3n) is 5.89. The fourth-order valence-corrected chi connectivity index (χ4v) is 5.13. The molecule has 0 aromatic heterocycles. The molecule has 0 unspecified atom stereocenters. The van der Waals surface area contributed by atoms with Crippen LogP contribution in [0, 0.1) is 11.3 Å². The lowest BCUT2D eigenvalue weighted by molar-refractivity contribution is -0.138. The molecule has 0 spiro atoms. The van der Waals surface area contributed by atoms with E-state index in [1.807, 2.05) is 60.7 Å². The zero-order chi connectivity index (χ0) is 26.9. The summed E-state index contributed by atoms with van der Waals surface area (Å²) in [4.78, 5) is 26.0. The highest BCUT2D eigenvalue weighted by atomic mass is 35.5. The molecule has 3 aromatic rings. The molecule has 1 amide bonds. The Labute approximate surface area is 231 Å². The number of benzene rings is 3. The number of dihydropyridines is 1. The lowest BCUT2D eigenvalue weighted by Gasteiger charge is -2.30. The Kier molecular flexibility index (Phi) is 9.26. The molecule has 0 fully saturated rings. The van der Waals surface area contributed by atoms with E-state index in [4.69, 9.17) is 16.3 Å². The SMILES string of the molecule is CCOC(=O)C1=C(c2ccccc2)NC(SCC(=O)NCc2ccccc2)=C(C#N)[C@H]1c1ccc(Cl)cc1. The Bertz CT molecular complexity index is 1400. The largest absolute Gasteiger partial charge is 0.463 e. The smallest absolute Gasteiger partial charge is 0.337 e. The van der Waals surface area contributed by atoms with Crippen molar-refractivity contribution in [2.24, 2.45) is 0 Å². The number of nitrogens with zero attached hydrogens (tertiary/aromatic N) is 1. The lowest BCUT2D eigenvalue weighted by Crippen LogP contribution is -2.30. The minimum Gasteiger partial charge on any atom is -0.463 e. The maximum atomic E-state index is 13.3. The molecule has 0 bridgehead atoms. The monoisotopic (exact) mass is 543 g/mol. The number of esters is 1. The van der Waals surface area contributed by atoms with Crippen LogP contribution in [0.15, 0.2) is 101 Å². The van der Waals surface area contributed by atoms with Crippen molar-refractivity contribution in [3.63, 3.8) is 0 Å². The van der Waals surface area contributed by atoms with Crippen LogP contribution < -0.4 is 10.6 Å². The van der Waals surface area contributed by atoms with Gasteiger partial charge in [0.2, 0.25) is 5.91 Å². The molecule has 192 valence electrons. The van der Waals surface area contributed by atoms with Crippen LogP contribution in [0.25, 0.3) is 5.70 Å². The number of halogens is 1. The summed E-state index contributed by atoms with van der Waals surface area (Å²) in [5.41, 5.74) is 3.67. The van der Waals surface area contributed by atoms with Gasteiger partial charge in [-0.2, -0.15) is 5.26 Å². The molecule has 0 aliphatic carbocycles. The Morgan fingerprint density at radius 3 is 2.32 bits per heavy atom. The van der Waals surface area contributed by atoms with Gasteiger partial charge in [0.05, 0.1) is 46.2 Å². The van der Waals surface area contributed by atoms with Gasteiger partial charge in [-0.05, 0) is 35.7 Å². The second kappa shape index (κ2) is 13.0. The standard InChI is InChI=1S/C30H26ClN3O3S/c1-2-37-30(36)27-26(21-13-15-23(31)16-14-21)24(17-32)29(34-28(27)22-11-7-4-8-12-22)38-19-25(35)33-18-20-9-5-3-6-10-20/h3-16,26,34H,2,18-19H2,1H3,(H,33,35)/t26-/m1/s1. The van der Waals surface area contributed by atoms with Crippen LogP contribution in [0.4, 0.5) is 0 Å². The van der Waals surface area contributed by atoms with E-state index in [-0.39, 0.29) is 18.3 Å². The zero-order valence-corrected chi connectivity index (χ0v) is 22.3. The van der Waals surface area contributed by atoms with Crippen molar-refractivity contribution in [1.82, 2.24) is 10.6 Å². The van der Waals surface area contributed by atoms with Gasteiger partial charge < -0.3 is 15.4 Å². The average Bonchev–Trinajstić information content (AvgIpc) is 2.95. The fourth-order valence-electron chi connectivity index (χ4n) is 4.13. The van der Waals surface area contributed by atoms with Gasteiger partial charge in [0.25, 0.3) is 0 Å². The number of hydrogen-bond donors (Lipinski definition) is 2. The summed E-state index contributed by atoms with van der Waals surface area (Å²) in [6, 6.07) is 28.4. The molecule has 0 saturated heterocycles. The molecule has 38 heavy (non-hydrogen) atoms. The normalized spacial score (nSPS) is 14.9. The maximum absolute atomic E-state index is 13.3. The summed E-state index contributed by atoms with van der Waals surface area (Å²) >= 11 is 7.36. The number of hydrogen-bond acceptors (Lipinski definition) is 6. The number of rotatable bonds is 9. The van der Waals surface area contributed by atoms with Crippen LogP contribution in [-0.2, 0) is 20.9 Å². The molecule has 1 atom stereocenters. The first kappa shape index (κ1) is 27.1. The van der Waals surface area contributed by atoms with E-state index in [0.29, 0.717) is 33.4 Å². The highest BCUT2D eigenvalue weighted by molar-refractivity contribution is 8.03. The third kappa shape index (κ3) is 6.46. The molecule has 8 heteroatoms. The van der Waals surface area contributed by atoms with E-state index >= 15 is 0 Å². The van der Waals surface area contributed by atoms with Crippen molar-refractivity contribution < 1.29 is 14.3 Å². The maximum Gasteiger partial charge on any atom is 0.337 e. The van der Waals surface area contributed by atoms with E-state index in [1.165, 1.54) is 11.8 Å². The number of nitriles is 1. The summed E-state index contributed by atoms with van der Waals surface area (Å²) in [6.45, 7) is 2.34. The number of carbonyl (C=O) groups excluding carboxylic acids is 2. The minimum atomic E-state index is -0.706. The molecule has 2 N–H and O–H groups in total. The van der Waals surface area contributed by atoms with Gasteiger partial charge >= 0.3 is 5.97 Å². The van der Waals surface area contributed by atoms with Crippen LogP contribution in [0.3, 0.4) is 0 Å². The average molecular weight is 544 g/mol. The van der Waals surface area contributed by atoms with E-state index < -0.39 is 11.9 Å². The van der Waals surface area contributed by atoms with Gasteiger partial charge in [-0.1, -0.05) is 96.2 Å². The molecule has 1 heterocycles. The molecular formula is C30H26ClN3O3S. The summed E-state index contributed by atoms with van der Waals surface area (Å²) in [7, 11) is 0. The van der Waals surface area contributed by atoms with Crippen LogP contribution in [-0.4, -0.2) is 24.2 Å². The second-order valence-corrected chi connectivity index (χ2v) is 9.81. The summed E-state index contributed by atoms with van der Waals surface area (Å²) in [5, 5.41) is 17.5. The number of carbonyl (C=O) groups is 2. The number of thioether (sulfide) groups is 1. The molecule has 0 radical (unpaired) electrons. The van der Waals surface area contributed by atoms with E-state index in [1.54, 1.807) is 31.2 Å². The number of amides is 1. The Morgan fingerprint density at radius 1 is 1.03 bits per heavy atom. The van der Waals surface area contributed by atoms with Gasteiger partial charge in [0.1, 0.15) is 0 Å². The van der Waals surface area contributed by atoms with Crippen molar-refractivity contribution in [1.29, 1.82) is 5.26 Å². The molecule has 6 nitrogen and oxygen atoms in total. The first-order chi connectivity index (χ1) is 18.5. The molecule has 0 saturated carbocycles. The van der Waals surface area contributed by atoms with Crippen molar-refractivity contribution in [2.75, 3.05) is 12.4 Å². The van der Waals surface area contributed by atoms with Crippen molar-refractivity contribution in [3.05, 3.63) is 123 Å². The third-order valence-corrected chi connectivity index (χ3v) is 7.16. The van der Waals surface area contributed by atoms with E-state index in [0.717, 1.165) is 16.7 Å². The number of ether oxygens (including phenoxy) is 1. The first-order valence-electron chi connectivity index (χ1n) is 12.1. The molecule has 1 aliphatic heterocycles. The van der Waals surface area contributed by atoms with E-state index in [2.05, 4.69) is 16.7 Å². The van der Waals surface area contributed by atoms with Gasteiger partial charge in [-0.25, -0.2) is 4.79 Å². The molecular weight excluding hydrogens is 518 g/mol. The lowest BCUT2D eigenvalue weighted by atomic mass is 9.81. The first-order valence-corrected chi connectivity index (χ1v) is 13.4. The van der Waals surface area contributed by atoms with Gasteiger partial charge in [0, 0.05) is 11.6 Å². The predicted octanol–water partition coefficient (Wildman–Crippen LogP) is 5.79. The summed E-state index contributed by atoms with van der Waals surface area (Å²) in [5.74, 6) is -1.31. The fraction of sp³-hybridized carbons (Fsp3) is 0.167. The van der Waals surface area contributed by atoms with Gasteiger partial charge in [0.15, 0.2) is 0 Å². The summed E-state index contributed by atoms with van der Waals surface area (Å²) < 4.78 is 5.44. The highest BCUT2D eigenvalue weighted by Crippen LogP contribution is 2.43. The topological polar surface area (TPSA) is 91.2 Å². The zero-order valence-electron chi connectivity index (χ0n) is 20.7. The van der Waals surface area contributed by atoms with Crippen molar-refractivity contribution >= 4 is 40.9 Å². The Hall–Kier alpha value is -3.99. The van der Waals surface area contributed by atoms with Gasteiger partial charge in [-0.15, -0.1) is 0 Å². The van der Waals surface area contributed by atoms with Crippen LogP contribution in [0.1, 0.15) is 29.5 Å². The van der Waals surface area contributed by atoms with Crippen molar-refractivity contribution in [2.45, 2.75) is 19.4 Å². The van der Waals surface area contributed by atoms with Crippen LogP contribution >= 0.6 is 23.4 Å². The van der Waals surface area contributed by atoms with Crippen molar-refractivity contribution in [3.8, 4) is 6.07 Å². The Balaban J connectivity index is 1.71. The quantitative estimate of drug-likeness (QED) is 0.332. The number of nitrogens with one attached hydrogen (secondary N) is 2. The van der Waals surface area contributed by atoms with E-state index in [9.17, 15) is 14.9 Å². The summed E-state index contributed by atoms with van der Waals surface area (Å²) in [6.07, 6.45) is 0. The van der Waals surface area contributed by atoms with Crippen LogP contribution in [0.5, 0.6) is 0 Å². The minimum absolute atomic E-state index is 0.0878. The second-order valence-electron chi connectivity index (χ2n) is 8.39. The molecule has 1 aliphatic rings. The molecule has 4 rings (SSSR count). The number of allylic oxidation sites excluding steroid dienone is 1. The predicted molar refractivity (Wildman–Crippen MR) is 151 cm³/mol.